The van der Waals surface area contributed by atoms with Crippen LogP contribution in [0.15, 0.2) is 24.3 Å². The van der Waals surface area contributed by atoms with E-state index < -0.39 is 0 Å². The Morgan fingerprint density at radius 1 is 1.35 bits per heavy atom. The Hall–Kier alpha value is -0.580. The number of benzene rings is 1. The van der Waals surface area contributed by atoms with Gasteiger partial charge >= 0.3 is 0 Å². The van der Waals surface area contributed by atoms with E-state index in [1.807, 2.05) is 23.9 Å². The molecular formula is C13H21FN2S. The van der Waals surface area contributed by atoms with E-state index in [2.05, 4.69) is 19.3 Å². The number of thioether (sulfide) groups is 1. The molecule has 1 aromatic carbocycles. The quantitative estimate of drug-likeness (QED) is 0.582. The molecule has 0 saturated carbocycles. The lowest BCUT2D eigenvalue weighted by molar-refractivity contribution is 0.573. The van der Waals surface area contributed by atoms with Gasteiger partial charge in [-0.3, -0.25) is 11.3 Å². The molecule has 0 aromatic heterocycles. The Bertz CT molecular complexity index is 316. The van der Waals surface area contributed by atoms with E-state index in [1.54, 1.807) is 0 Å². The Labute approximate surface area is 107 Å². The van der Waals surface area contributed by atoms with Crippen molar-refractivity contribution in [1.29, 1.82) is 0 Å². The molecule has 0 fully saturated rings. The first-order valence-corrected chi connectivity index (χ1v) is 7.02. The molecule has 1 rings (SSSR count). The number of hydrogen-bond acceptors (Lipinski definition) is 3. The maximum Gasteiger partial charge on any atom is 0.123 e. The zero-order chi connectivity index (χ0) is 12.7. The zero-order valence-electron chi connectivity index (χ0n) is 10.4. The third kappa shape index (κ3) is 5.52. The fourth-order valence-corrected chi connectivity index (χ4v) is 2.48. The maximum absolute atomic E-state index is 12.8. The maximum atomic E-state index is 12.8. The molecule has 2 atom stereocenters. The van der Waals surface area contributed by atoms with Crippen LogP contribution in [0.4, 0.5) is 4.39 Å². The first-order chi connectivity index (χ1) is 8.15. The molecule has 0 spiro atoms. The molecule has 0 aliphatic rings. The summed E-state index contributed by atoms with van der Waals surface area (Å²) < 4.78 is 12.8. The summed E-state index contributed by atoms with van der Waals surface area (Å²) in [4.78, 5) is 0. The standard InChI is InChI=1S/C13H21FN2S/c1-3-10(2)17-9-13(16-15)8-11-4-6-12(14)7-5-11/h4-7,10,13,16H,3,8-9,15H2,1-2H3. The minimum absolute atomic E-state index is 0.194. The van der Waals surface area contributed by atoms with Crippen LogP contribution in [0.2, 0.25) is 0 Å². The van der Waals surface area contributed by atoms with E-state index in [-0.39, 0.29) is 11.9 Å². The third-order valence-corrected chi connectivity index (χ3v) is 4.29. The zero-order valence-corrected chi connectivity index (χ0v) is 11.3. The fraction of sp³-hybridized carbons (Fsp3) is 0.538. The SMILES string of the molecule is CCC(C)SCC(Cc1ccc(F)cc1)NN. The topological polar surface area (TPSA) is 38.0 Å². The van der Waals surface area contributed by atoms with E-state index >= 15 is 0 Å². The smallest absolute Gasteiger partial charge is 0.123 e. The van der Waals surface area contributed by atoms with Gasteiger partial charge in [0.05, 0.1) is 0 Å². The molecule has 3 N–H and O–H groups in total. The highest BCUT2D eigenvalue weighted by Gasteiger charge is 2.10. The first-order valence-electron chi connectivity index (χ1n) is 5.97. The second kappa shape index (κ2) is 7.69. The van der Waals surface area contributed by atoms with Crippen molar-refractivity contribution < 1.29 is 4.39 Å². The molecule has 0 heterocycles. The monoisotopic (exact) mass is 256 g/mol. The highest BCUT2D eigenvalue weighted by molar-refractivity contribution is 7.99. The van der Waals surface area contributed by atoms with Crippen molar-refractivity contribution in [3.05, 3.63) is 35.6 Å². The van der Waals surface area contributed by atoms with Gasteiger partial charge < -0.3 is 0 Å². The van der Waals surface area contributed by atoms with E-state index in [4.69, 9.17) is 5.84 Å². The Morgan fingerprint density at radius 3 is 2.53 bits per heavy atom. The van der Waals surface area contributed by atoms with Crippen LogP contribution in [-0.4, -0.2) is 17.0 Å². The molecular weight excluding hydrogens is 235 g/mol. The number of hydrazine groups is 1. The van der Waals surface area contributed by atoms with Crippen LogP contribution in [0.1, 0.15) is 25.8 Å². The fourth-order valence-electron chi connectivity index (χ4n) is 1.47. The predicted molar refractivity (Wildman–Crippen MR) is 73.4 cm³/mol. The van der Waals surface area contributed by atoms with Crippen molar-refractivity contribution in [3.8, 4) is 0 Å². The molecule has 0 amide bonds. The second-order valence-electron chi connectivity index (χ2n) is 4.25. The van der Waals surface area contributed by atoms with Crippen LogP contribution >= 0.6 is 11.8 Å². The number of hydrogen-bond donors (Lipinski definition) is 2. The van der Waals surface area contributed by atoms with Gasteiger partial charge in [0, 0.05) is 17.0 Å². The van der Waals surface area contributed by atoms with E-state index in [1.165, 1.54) is 18.6 Å². The lowest BCUT2D eigenvalue weighted by Gasteiger charge is -2.17. The summed E-state index contributed by atoms with van der Waals surface area (Å²) in [5.41, 5.74) is 3.94. The van der Waals surface area contributed by atoms with Gasteiger partial charge in [0.15, 0.2) is 0 Å². The lowest BCUT2D eigenvalue weighted by Crippen LogP contribution is -2.39. The first kappa shape index (κ1) is 14.5. The molecule has 0 aliphatic heterocycles. The van der Waals surface area contributed by atoms with Gasteiger partial charge in [0.1, 0.15) is 5.82 Å². The Morgan fingerprint density at radius 2 is 2.00 bits per heavy atom. The third-order valence-electron chi connectivity index (χ3n) is 2.79. The van der Waals surface area contributed by atoms with Crippen LogP contribution in [0.3, 0.4) is 0 Å². The summed E-state index contributed by atoms with van der Waals surface area (Å²) in [7, 11) is 0. The normalized spacial score (nSPS) is 14.6. The van der Waals surface area contributed by atoms with Gasteiger partial charge in [0.2, 0.25) is 0 Å². The van der Waals surface area contributed by atoms with Gasteiger partial charge in [-0.1, -0.05) is 26.0 Å². The van der Waals surface area contributed by atoms with Gasteiger partial charge in [-0.25, -0.2) is 4.39 Å². The van der Waals surface area contributed by atoms with Gasteiger partial charge in [0.25, 0.3) is 0 Å². The van der Waals surface area contributed by atoms with Crippen LogP contribution in [-0.2, 0) is 6.42 Å². The van der Waals surface area contributed by atoms with Crippen LogP contribution in [0, 0.1) is 5.82 Å². The van der Waals surface area contributed by atoms with Crippen molar-refractivity contribution >= 4 is 11.8 Å². The average Bonchev–Trinajstić information content (AvgIpc) is 2.36. The lowest BCUT2D eigenvalue weighted by atomic mass is 10.1. The summed E-state index contributed by atoms with van der Waals surface area (Å²) in [6.45, 7) is 4.40. The van der Waals surface area contributed by atoms with Crippen molar-refractivity contribution in [2.75, 3.05) is 5.75 Å². The molecule has 2 nitrogen and oxygen atoms in total. The van der Waals surface area contributed by atoms with Crippen LogP contribution in [0.25, 0.3) is 0 Å². The summed E-state index contributed by atoms with van der Waals surface area (Å²) in [6, 6.07) is 6.84. The van der Waals surface area contributed by atoms with Crippen LogP contribution < -0.4 is 11.3 Å². The Balaban J connectivity index is 2.43. The summed E-state index contributed by atoms with van der Waals surface area (Å²) in [5.74, 6) is 6.32. The molecule has 2 unspecified atom stereocenters. The van der Waals surface area contributed by atoms with Crippen molar-refractivity contribution in [2.24, 2.45) is 5.84 Å². The van der Waals surface area contributed by atoms with Gasteiger partial charge in [-0.2, -0.15) is 11.8 Å². The molecule has 1 aromatic rings. The van der Waals surface area contributed by atoms with Crippen molar-refractivity contribution in [3.63, 3.8) is 0 Å². The average molecular weight is 256 g/mol. The molecule has 17 heavy (non-hydrogen) atoms. The molecule has 0 radical (unpaired) electrons. The summed E-state index contributed by atoms with van der Waals surface area (Å²) in [6.07, 6.45) is 2.00. The van der Waals surface area contributed by atoms with Crippen molar-refractivity contribution in [1.82, 2.24) is 5.43 Å². The summed E-state index contributed by atoms with van der Waals surface area (Å²) in [5, 5.41) is 0.652. The highest BCUT2D eigenvalue weighted by Crippen LogP contribution is 2.16. The highest BCUT2D eigenvalue weighted by atomic mass is 32.2. The minimum atomic E-state index is -0.194. The molecule has 4 heteroatoms. The summed E-state index contributed by atoms with van der Waals surface area (Å²) >= 11 is 1.91. The van der Waals surface area contributed by atoms with E-state index in [9.17, 15) is 4.39 Å². The number of rotatable bonds is 7. The predicted octanol–water partition coefficient (Wildman–Crippen LogP) is 2.73. The number of nitrogens with one attached hydrogen (secondary N) is 1. The molecule has 0 bridgehead atoms. The molecule has 0 saturated heterocycles. The van der Waals surface area contributed by atoms with E-state index in [0.717, 1.165) is 17.7 Å². The van der Waals surface area contributed by atoms with Gasteiger partial charge in [-0.15, -0.1) is 0 Å². The molecule has 0 aliphatic carbocycles. The van der Waals surface area contributed by atoms with Crippen LogP contribution in [0.5, 0.6) is 0 Å². The van der Waals surface area contributed by atoms with E-state index in [0.29, 0.717) is 5.25 Å². The largest absolute Gasteiger partial charge is 0.271 e. The van der Waals surface area contributed by atoms with Gasteiger partial charge in [-0.05, 0) is 30.5 Å². The molecule has 96 valence electrons. The minimum Gasteiger partial charge on any atom is -0.271 e. The number of nitrogens with two attached hydrogens (primary N) is 1. The number of halogens is 1. The van der Waals surface area contributed by atoms with Crippen molar-refractivity contribution in [2.45, 2.75) is 38.0 Å². The second-order valence-corrected chi connectivity index (χ2v) is 5.72. The Kier molecular flexibility index (Phi) is 6.55.